The van der Waals surface area contributed by atoms with Gasteiger partial charge in [-0.25, -0.2) is 0 Å². The maximum absolute atomic E-state index is 11.9. The third kappa shape index (κ3) is 3.96. The predicted molar refractivity (Wildman–Crippen MR) is 77.6 cm³/mol. The zero-order valence-corrected chi connectivity index (χ0v) is 11.8. The van der Waals surface area contributed by atoms with Crippen molar-refractivity contribution in [3.05, 3.63) is 59.4 Å². The van der Waals surface area contributed by atoms with Gasteiger partial charge in [0.15, 0.2) is 6.10 Å². The topological polar surface area (TPSA) is 51.2 Å². The number of amides is 1. The third-order valence-electron chi connectivity index (χ3n) is 2.73. The molecule has 0 saturated carbocycles. The van der Waals surface area contributed by atoms with Crippen molar-refractivity contribution < 1.29 is 9.53 Å². The summed E-state index contributed by atoms with van der Waals surface area (Å²) in [6.45, 7) is 2.13. The average Bonchev–Trinajstić information content (AvgIpc) is 2.48. The number of hydrogen-bond acceptors (Lipinski definition) is 3. The number of nitrogens with one attached hydrogen (secondary N) is 1. The van der Waals surface area contributed by atoms with E-state index in [0.29, 0.717) is 17.3 Å². The molecule has 0 bridgehead atoms. The molecule has 0 aliphatic carbocycles. The Labute approximate surface area is 122 Å². The molecule has 2 aromatic rings. The predicted octanol–water partition coefficient (Wildman–Crippen LogP) is 2.82. The molecule has 1 aromatic heterocycles. The fourth-order valence-electron chi connectivity index (χ4n) is 1.62. The highest BCUT2D eigenvalue weighted by atomic mass is 35.5. The van der Waals surface area contributed by atoms with E-state index in [1.807, 2.05) is 24.3 Å². The molecule has 2 rings (SSSR count). The Kier molecular flexibility index (Phi) is 4.96. The quantitative estimate of drug-likeness (QED) is 0.921. The van der Waals surface area contributed by atoms with Crippen molar-refractivity contribution in [1.29, 1.82) is 0 Å². The van der Waals surface area contributed by atoms with E-state index < -0.39 is 6.10 Å². The Morgan fingerprint density at radius 3 is 2.70 bits per heavy atom. The first kappa shape index (κ1) is 14.3. The molecule has 1 N–H and O–H groups in total. The Bertz CT molecular complexity index is 575. The van der Waals surface area contributed by atoms with Crippen LogP contribution in [0.2, 0.25) is 5.02 Å². The summed E-state index contributed by atoms with van der Waals surface area (Å²) in [5, 5.41) is 3.29. The number of pyridine rings is 1. The lowest BCUT2D eigenvalue weighted by Crippen LogP contribution is -2.35. The van der Waals surface area contributed by atoms with Crippen LogP contribution in [-0.2, 0) is 11.3 Å². The number of ether oxygens (including phenoxy) is 1. The van der Waals surface area contributed by atoms with Crippen LogP contribution in [0.25, 0.3) is 0 Å². The van der Waals surface area contributed by atoms with Crippen LogP contribution >= 0.6 is 11.6 Å². The molecule has 4 nitrogen and oxygen atoms in total. The van der Waals surface area contributed by atoms with E-state index in [0.717, 1.165) is 5.56 Å². The maximum atomic E-state index is 11.9. The lowest BCUT2D eigenvalue weighted by Gasteiger charge is -2.15. The highest BCUT2D eigenvalue weighted by Gasteiger charge is 2.15. The van der Waals surface area contributed by atoms with Gasteiger partial charge < -0.3 is 10.1 Å². The van der Waals surface area contributed by atoms with Crippen LogP contribution in [0.15, 0.2) is 48.8 Å². The van der Waals surface area contributed by atoms with Crippen molar-refractivity contribution in [2.24, 2.45) is 0 Å². The normalized spacial score (nSPS) is 11.7. The number of rotatable bonds is 5. The molecular weight excluding hydrogens is 276 g/mol. The van der Waals surface area contributed by atoms with Gasteiger partial charge in [-0.05, 0) is 36.8 Å². The number of carbonyl (C=O) groups is 1. The van der Waals surface area contributed by atoms with Gasteiger partial charge in [-0.2, -0.15) is 0 Å². The van der Waals surface area contributed by atoms with Crippen LogP contribution in [0.1, 0.15) is 12.5 Å². The molecule has 0 spiro atoms. The van der Waals surface area contributed by atoms with Gasteiger partial charge in [0.05, 0.1) is 5.02 Å². The second-order valence-corrected chi connectivity index (χ2v) is 4.67. The molecule has 0 fully saturated rings. The van der Waals surface area contributed by atoms with Crippen molar-refractivity contribution in [3.63, 3.8) is 0 Å². The molecule has 1 amide bonds. The van der Waals surface area contributed by atoms with Gasteiger partial charge in [0.2, 0.25) is 0 Å². The number of halogens is 1. The summed E-state index contributed by atoms with van der Waals surface area (Å²) in [6.07, 6.45) is 2.76. The molecule has 0 aliphatic heterocycles. The molecule has 5 heteroatoms. The smallest absolute Gasteiger partial charge is 0.261 e. The number of para-hydroxylation sites is 1. The van der Waals surface area contributed by atoms with Crippen LogP contribution in [0.3, 0.4) is 0 Å². The zero-order valence-electron chi connectivity index (χ0n) is 11.0. The summed E-state index contributed by atoms with van der Waals surface area (Å²) < 4.78 is 5.54. The van der Waals surface area contributed by atoms with E-state index in [2.05, 4.69) is 10.3 Å². The summed E-state index contributed by atoms with van der Waals surface area (Å²) in [7, 11) is 0. The largest absolute Gasteiger partial charge is 0.479 e. The minimum Gasteiger partial charge on any atom is -0.479 e. The molecule has 0 unspecified atom stereocenters. The van der Waals surface area contributed by atoms with E-state index in [4.69, 9.17) is 16.3 Å². The van der Waals surface area contributed by atoms with Gasteiger partial charge in [0, 0.05) is 18.9 Å². The molecular formula is C15H15ClN2O2. The third-order valence-corrected chi connectivity index (χ3v) is 3.04. The number of aromatic nitrogens is 1. The molecule has 1 heterocycles. The first-order valence-corrected chi connectivity index (χ1v) is 6.62. The van der Waals surface area contributed by atoms with E-state index in [1.54, 1.807) is 31.5 Å². The van der Waals surface area contributed by atoms with Crippen LogP contribution in [0.4, 0.5) is 0 Å². The first-order valence-electron chi connectivity index (χ1n) is 6.24. The fraction of sp³-hybridized carbons (Fsp3) is 0.200. The number of benzene rings is 1. The highest BCUT2D eigenvalue weighted by Crippen LogP contribution is 2.24. The monoisotopic (exact) mass is 290 g/mol. The van der Waals surface area contributed by atoms with Gasteiger partial charge in [-0.3, -0.25) is 9.78 Å². The summed E-state index contributed by atoms with van der Waals surface area (Å²) in [5.74, 6) is 0.308. The summed E-state index contributed by atoms with van der Waals surface area (Å²) in [5.41, 5.74) is 0.985. The summed E-state index contributed by atoms with van der Waals surface area (Å²) in [4.78, 5) is 15.9. The molecule has 1 aromatic carbocycles. The second kappa shape index (κ2) is 6.91. The van der Waals surface area contributed by atoms with E-state index in [1.165, 1.54) is 0 Å². The average molecular weight is 291 g/mol. The van der Waals surface area contributed by atoms with E-state index in [-0.39, 0.29) is 5.91 Å². The maximum Gasteiger partial charge on any atom is 0.261 e. The molecule has 0 aliphatic rings. The number of hydrogen-bond donors (Lipinski definition) is 1. The van der Waals surface area contributed by atoms with Gasteiger partial charge in [-0.1, -0.05) is 23.7 Å². The Morgan fingerprint density at radius 2 is 2.00 bits per heavy atom. The Balaban J connectivity index is 1.88. The molecule has 0 radical (unpaired) electrons. The summed E-state index contributed by atoms with van der Waals surface area (Å²) >= 11 is 5.98. The van der Waals surface area contributed by atoms with Crippen molar-refractivity contribution in [1.82, 2.24) is 10.3 Å². The molecule has 20 heavy (non-hydrogen) atoms. The van der Waals surface area contributed by atoms with E-state index in [9.17, 15) is 4.79 Å². The van der Waals surface area contributed by atoms with Gasteiger partial charge in [0.1, 0.15) is 5.75 Å². The Hall–Kier alpha value is -2.07. The lowest BCUT2D eigenvalue weighted by atomic mass is 10.2. The van der Waals surface area contributed by atoms with Crippen LogP contribution < -0.4 is 10.1 Å². The van der Waals surface area contributed by atoms with Crippen molar-refractivity contribution in [3.8, 4) is 5.75 Å². The lowest BCUT2D eigenvalue weighted by molar-refractivity contribution is -0.127. The zero-order chi connectivity index (χ0) is 14.4. The molecule has 104 valence electrons. The van der Waals surface area contributed by atoms with Gasteiger partial charge in [-0.15, -0.1) is 0 Å². The highest BCUT2D eigenvalue weighted by molar-refractivity contribution is 6.32. The van der Waals surface area contributed by atoms with Gasteiger partial charge >= 0.3 is 0 Å². The molecule has 1 atom stereocenters. The van der Waals surface area contributed by atoms with Crippen LogP contribution in [0.5, 0.6) is 5.75 Å². The molecule has 0 saturated heterocycles. The standard InChI is InChI=1S/C15H15ClN2O2/c1-11(20-14-5-3-2-4-13(14)16)15(19)18-10-12-6-8-17-9-7-12/h2-9,11H,10H2,1H3,(H,18,19)/t11-/m1/s1. The minimum absolute atomic E-state index is 0.193. The van der Waals surface area contributed by atoms with Gasteiger partial charge in [0.25, 0.3) is 5.91 Å². The van der Waals surface area contributed by atoms with Crippen molar-refractivity contribution >= 4 is 17.5 Å². The Morgan fingerprint density at radius 1 is 1.30 bits per heavy atom. The number of carbonyl (C=O) groups excluding carboxylic acids is 1. The number of nitrogens with zero attached hydrogens (tertiary/aromatic N) is 1. The van der Waals surface area contributed by atoms with E-state index >= 15 is 0 Å². The first-order chi connectivity index (χ1) is 9.66. The second-order valence-electron chi connectivity index (χ2n) is 4.26. The van der Waals surface area contributed by atoms with Crippen molar-refractivity contribution in [2.75, 3.05) is 0 Å². The van der Waals surface area contributed by atoms with Crippen LogP contribution in [-0.4, -0.2) is 17.0 Å². The summed E-state index contributed by atoms with van der Waals surface area (Å²) in [6, 6.07) is 10.8. The van der Waals surface area contributed by atoms with Crippen molar-refractivity contribution in [2.45, 2.75) is 19.6 Å². The SMILES string of the molecule is C[C@@H](Oc1ccccc1Cl)C(=O)NCc1ccncc1. The fourth-order valence-corrected chi connectivity index (χ4v) is 1.80. The minimum atomic E-state index is -0.614. The van der Waals surface area contributed by atoms with Crippen LogP contribution in [0, 0.1) is 0 Å².